The highest BCUT2D eigenvalue weighted by Crippen LogP contribution is 2.16. The monoisotopic (exact) mass is 346 g/mol. The standard InChI is InChI=1S/C20H30N2O3/c1-4-5-7-19(23)21-12-6-13-22(15-14-21)20(24)17-8-10-18(11-9-17)25-16(2)3/h8-11,16H,4-7,12-15H2,1-3H3. The lowest BCUT2D eigenvalue weighted by Gasteiger charge is -2.22. The Morgan fingerprint density at radius 1 is 1.04 bits per heavy atom. The summed E-state index contributed by atoms with van der Waals surface area (Å²) >= 11 is 0. The highest BCUT2D eigenvalue weighted by molar-refractivity contribution is 5.94. The maximum Gasteiger partial charge on any atom is 0.253 e. The van der Waals surface area contributed by atoms with Gasteiger partial charge in [0.15, 0.2) is 0 Å². The number of amides is 2. The van der Waals surface area contributed by atoms with E-state index in [1.54, 1.807) is 0 Å². The van der Waals surface area contributed by atoms with Crippen molar-refractivity contribution >= 4 is 11.8 Å². The molecule has 5 heteroatoms. The quantitative estimate of drug-likeness (QED) is 0.794. The topological polar surface area (TPSA) is 49.9 Å². The van der Waals surface area contributed by atoms with Gasteiger partial charge in [-0.05, 0) is 51.0 Å². The predicted molar refractivity (Wildman–Crippen MR) is 98.8 cm³/mol. The molecule has 0 unspecified atom stereocenters. The number of nitrogens with zero attached hydrogens (tertiary/aromatic N) is 2. The Kier molecular flexibility index (Phi) is 7.29. The van der Waals surface area contributed by atoms with Crippen LogP contribution in [0, 0.1) is 0 Å². The number of benzene rings is 1. The molecule has 2 rings (SSSR count). The number of ether oxygens (including phenoxy) is 1. The van der Waals surface area contributed by atoms with Gasteiger partial charge in [0, 0.05) is 38.2 Å². The molecule has 0 radical (unpaired) electrons. The van der Waals surface area contributed by atoms with Crippen LogP contribution in [0.25, 0.3) is 0 Å². The molecule has 1 fully saturated rings. The van der Waals surface area contributed by atoms with Gasteiger partial charge in [-0.1, -0.05) is 13.3 Å². The molecule has 1 aliphatic heterocycles. The van der Waals surface area contributed by atoms with E-state index < -0.39 is 0 Å². The van der Waals surface area contributed by atoms with Gasteiger partial charge < -0.3 is 14.5 Å². The number of hydrogen-bond acceptors (Lipinski definition) is 3. The molecule has 1 aliphatic rings. The van der Waals surface area contributed by atoms with E-state index >= 15 is 0 Å². The highest BCUT2D eigenvalue weighted by atomic mass is 16.5. The summed E-state index contributed by atoms with van der Waals surface area (Å²) in [6.07, 6.45) is 3.52. The normalized spacial score (nSPS) is 15.2. The van der Waals surface area contributed by atoms with Crippen molar-refractivity contribution in [3.05, 3.63) is 29.8 Å². The molecule has 2 amide bonds. The minimum atomic E-state index is 0.0268. The second-order valence-electron chi connectivity index (χ2n) is 6.82. The maximum absolute atomic E-state index is 12.7. The second kappa shape index (κ2) is 9.44. The van der Waals surface area contributed by atoms with E-state index in [1.807, 2.05) is 47.9 Å². The van der Waals surface area contributed by atoms with Gasteiger partial charge >= 0.3 is 0 Å². The molecule has 1 saturated heterocycles. The van der Waals surface area contributed by atoms with Crippen LogP contribution in [0.1, 0.15) is 56.8 Å². The summed E-state index contributed by atoms with van der Waals surface area (Å²) in [5.41, 5.74) is 0.668. The zero-order valence-corrected chi connectivity index (χ0v) is 15.7. The van der Waals surface area contributed by atoms with E-state index in [0.717, 1.165) is 31.6 Å². The summed E-state index contributed by atoms with van der Waals surface area (Å²) in [4.78, 5) is 28.7. The zero-order valence-electron chi connectivity index (χ0n) is 15.7. The predicted octanol–water partition coefficient (Wildman–Crippen LogP) is 3.34. The van der Waals surface area contributed by atoms with Crippen molar-refractivity contribution in [2.24, 2.45) is 0 Å². The Morgan fingerprint density at radius 2 is 1.68 bits per heavy atom. The molecule has 0 bridgehead atoms. The van der Waals surface area contributed by atoms with E-state index in [1.165, 1.54) is 0 Å². The summed E-state index contributed by atoms with van der Waals surface area (Å²) in [7, 11) is 0. The van der Waals surface area contributed by atoms with Crippen molar-refractivity contribution in [2.45, 2.75) is 52.6 Å². The van der Waals surface area contributed by atoms with E-state index in [0.29, 0.717) is 31.6 Å². The molecule has 5 nitrogen and oxygen atoms in total. The first-order valence-corrected chi connectivity index (χ1v) is 9.35. The minimum absolute atomic E-state index is 0.0268. The molecule has 1 aromatic carbocycles. The molecule has 1 heterocycles. The van der Waals surface area contributed by atoms with Crippen molar-refractivity contribution in [1.82, 2.24) is 9.80 Å². The SMILES string of the molecule is CCCCC(=O)N1CCCN(C(=O)c2ccc(OC(C)C)cc2)CC1. The molecule has 0 aromatic heterocycles. The van der Waals surface area contributed by atoms with Gasteiger partial charge in [0.25, 0.3) is 5.91 Å². The molecule has 0 N–H and O–H groups in total. The van der Waals surface area contributed by atoms with Gasteiger partial charge in [-0.2, -0.15) is 0 Å². The summed E-state index contributed by atoms with van der Waals surface area (Å²) in [6, 6.07) is 7.31. The fourth-order valence-electron chi connectivity index (χ4n) is 2.99. The lowest BCUT2D eigenvalue weighted by molar-refractivity contribution is -0.131. The molecule has 138 valence electrons. The van der Waals surface area contributed by atoms with Gasteiger partial charge in [-0.15, -0.1) is 0 Å². The largest absolute Gasteiger partial charge is 0.491 e. The number of carbonyl (C=O) groups is 2. The third-order valence-electron chi connectivity index (χ3n) is 4.35. The van der Waals surface area contributed by atoms with Crippen LogP contribution >= 0.6 is 0 Å². The van der Waals surface area contributed by atoms with E-state index in [4.69, 9.17) is 4.74 Å². The molecule has 1 aromatic rings. The summed E-state index contributed by atoms with van der Waals surface area (Å²) < 4.78 is 5.62. The Morgan fingerprint density at radius 3 is 2.32 bits per heavy atom. The van der Waals surface area contributed by atoms with E-state index in [2.05, 4.69) is 6.92 Å². The van der Waals surface area contributed by atoms with Crippen LogP contribution < -0.4 is 4.74 Å². The van der Waals surface area contributed by atoms with Crippen LogP contribution in [0.2, 0.25) is 0 Å². The van der Waals surface area contributed by atoms with Gasteiger partial charge in [0.1, 0.15) is 5.75 Å². The first-order chi connectivity index (χ1) is 12.0. The zero-order chi connectivity index (χ0) is 18.2. The molecule has 0 spiro atoms. The van der Waals surface area contributed by atoms with Crippen LogP contribution in [0.15, 0.2) is 24.3 Å². The number of hydrogen-bond donors (Lipinski definition) is 0. The number of carbonyl (C=O) groups excluding carboxylic acids is 2. The average Bonchev–Trinajstić information content (AvgIpc) is 2.85. The van der Waals surface area contributed by atoms with Crippen molar-refractivity contribution in [3.8, 4) is 5.75 Å². The van der Waals surface area contributed by atoms with Crippen LogP contribution in [0.3, 0.4) is 0 Å². The van der Waals surface area contributed by atoms with Crippen molar-refractivity contribution in [2.75, 3.05) is 26.2 Å². The Hall–Kier alpha value is -2.04. The first-order valence-electron chi connectivity index (χ1n) is 9.35. The fourth-order valence-corrected chi connectivity index (χ4v) is 2.99. The molecular formula is C20H30N2O3. The summed E-state index contributed by atoms with van der Waals surface area (Å²) in [5, 5.41) is 0. The van der Waals surface area contributed by atoms with Crippen molar-refractivity contribution in [1.29, 1.82) is 0 Å². The molecule has 0 aliphatic carbocycles. The van der Waals surface area contributed by atoms with E-state index in [-0.39, 0.29) is 17.9 Å². The Labute approximate surface area is 150 Å². The third kappa shape index (κ3) is 5.76. The molecule has 25 heavy (non-hydrogen) atoms. The first kappa shape index (κ1) is 19.3. The Balaban J connectivity index is 1.93. The number of unbranched alkanes of at least 4 members (excludes halogenated alkanes) is 1. The highest BCUT2D eigenvalue weighted by Gasteiger charge is 2.22. The smallest absolute Gasteiger partial charge is 0.253 e. The number of rotatable bonds is 6. The van der Waals surface area contributed by atoms with Crippen LogP contribution in [0.5, 0.6) is 5.75 Å². The maximum atomic E-state index is 12.7. The molecule has 0 atom stereocenters. The lowest BCUT2D eigenvalue weighted by Crippen LogP contribution is -2.37. The Bertz CT molecular complexity index is 569. The van der Waals surface area contributed by atoms with Crippen molar-refractivity contribution < 1.29 is 14.3 Å². The minimum Gasteiger partial charge on any atom is -0.491 e. The van der Waals surface area contributed by atoms with E-state index in [9.17, 15) is 9.59 Å². The van der Waals surface area contributed by atoms with Crippen LogP contribution in [-0.2, 0) is 4.79 Å². The summed E-state index contributed by atoms with van der Waals surface area (Å²) in [6.45, 7) is 8.71. The van der Waals surface area contributed by atoms with Crippen LogP contribution in [0.4, 0.5) is 0 Å². The van der Waals surface area contributed by atoms with Gasteiger partial charge in [-0.25, -0.2) is 0 Å². The van der Waals surface area contributed by atoms with Crippen molar-refractivity contribution in [3.63, 3.8) is 0 Å². The van der Waals surface area contributed by atoms with Crippen LogP contribution in [-0.4, -0.2) is 53.9 Å². The molecular weight excluding hydrogens is 316 g/mol. The fraction of sp³-hybridized carbons (Fsp3) is 0.600. The van der Waals surface area contributed by atoms with Gasteiger partial charge in [0.2, 0.25) is 5.91 Å². The third-order valence-corrected chi connectivity index (χ3v) is 4.35. The van der Waals surface area contributed by atoms with Gasteiger partial charge in [-0.3, -0.25) is 9.59 Å². The summed E-state index contributed by atoms with van der Waals surface area (Å²) in [5.74, 6) is 1.01. The lowest BCUT2D eigenvalue weighted by atomic mass is 10.2. The average molecular weight is 346 g/mol. The molecule has 0 saturated carbocycles. The second-order valence-corrected chi connectivity index (χ2v) is 6.82. The van der Waals surface area contributed by atoms with Gasteiger partial charge in [0.05, 0.1) is 6.10 Å².